The van der Waals surface area contributed by atoms with E-state index in [0.717, 1.165) is 27.6 Å². The van der Waals surface area contributed by atoms with Crippen molar-refractivity contribution in [1.29, 1.82) is 0 Å². The van der Waals surface area contributed by atoms with Gasteiger partial charge < -0.3 is 24.8 Å². The summed E-state index contributed by atoms with van der Waals surface area (Å²) in [4.78, 5) is 0. The Labute approximate surface area is 350 Å². The van der Waals surface area contributed by atoms with Crippen LogP contribution in [0.15, 0.2) is 132 Å². The molecule has 0 aromatic heterocycles. The van der Waals surface area contributed by atoms with Crippen LogP contribution in [0.4, 0.5) is 0 Å². The molecule has 0 bridgehead atoms. The van der Waals surface area contributed by atoms with Gasteiger partial charge in [0.1, 0.15) is 0 Å². The van der Waals surface area contributed by atoms with Crippen LogP contribution in [-0.4, -0.2) is 3.21 Å². The van der Waals surface area contributed by atoms with Crippen LogP contribution in [0, 0.1) is 33.5 Å². The number of hydrogen-bond donors (Lipinski definition) is 0. The first-order chi connectivity index (χ1) is 23.6. The molecule has 0 radical (unpaired) electrons. The molecule has 0 N–H and O–H groups in total. The maximum Gasteiger partial charge on any atom is -0.172 e. The van der Waals surface area contributed by atoms with E-state index >= 15 is 0 Å². The number of rotatable bonds is 2. The van der Waals surface area contributed by atoms with E-state index in [9.17, 15) is 0 Å². The van der Waals surface area contributed by atoms with Crippen molar-refractivity contribution in [3.8, 4) is 0 Å². The maximum atomic E-state index is 5.98. The summed E-state index contributed by atoms with van der Waals surface area (Å²) in [6.07, 6.45) is 8.50. The van der Waals surface area contributed by atoms with Crippen LogP contribution in [0.1, 0.15) is 90.5 Å². The van der Waals surface area contributed by atoms with Crippen molar-refractivity contribution in [3.63, 3.8) is 0 Å². The van der Waals surface area contributed by atoms with Gasteiger partial charge >= 0.3 is 120 Å². The van der Waals surface area contributed by atoms with Gasteiger partial charge in [-0.25, -0.2) is 18.1 Å². The molecule has 0 amide bonds. The quantitative estimate of drug-likeness (QED) is 0.184. The van der Waals surface area contributed by atoms with E-state index < -0.39 is 0 Å². The molecule has 4 aromatic rings. The standard InChI is InChI=1S/C29H37.C13H8Cl2.C5H5.2ClH.Zr/c1-18-25-22-17-19-13-9-10-14-20(19)24(22)21-15-11-12-16-23(21)29(25,8)28(6,7)27(4,5)26(18,2)3;14-12-5-1-3-10(8-12)7-11-4-2-6-13(15)9-11;1-2-4-5-3-1;;;/h9-11,13-15,23H,12,16-17H2,1-8H3;1-6,8-9H;1-5H;2*1H;/q-1;;-1;;;+2/p-2. The molecule has 0 saturated heterocycles. The Bertz CT molecular complexity index is 1930. The van der Waals surface area contributed by atoms with Gasteiger partial charge in [0.05, 0.1) is 0 Å². The van der Waals surface area contributed by atoms with Crippen LogP contribution >= 0.6 is 23.2 Å². The fourth-order valence-corrected chi connectivity index (χ4v) is 10.5. The zero-order valence-corrected chi connectivity index (χ0v) is 37.2. The van der Waals surface area contributed by atoms with E-state index in [0.29, 0.717) is 5.92 Å². The topological polar surface area (TPSA) is 0 Å². The normalized spacial score (nSPS) is 22.5. The van der Waals surface area contributed by atoms with Crippen molar-refractivity contribution in [2.45, 2.75) is 74.7 Å². The van der Waals surface area contributed by atoms with Crippen molar-refractivity contribution in [2.24, 2.45) is 27.6 Å². The summed E-state index contributed by atoms with van der Waals surface area (Å²) < 4.78 is 1.26. The largest absolute Gasteiger partial charge is 1.00 e. The smallest absolute Gasteiger partial charge is 0.172 e. The van der Waals surface area contributed by atoms with E-state index in [2.05, 4.69) is 104 Å². The Morgan fingerprint density at radius 3 is 1.88 bits per heavy atom. The van der Waals surface area contributed by atoms with E-state index in [4.69, 9.17) is 23.2 Å². The predicted octanol–water partition coefficient (Wildman–Crippen LogP) is 7.49. The van der Waals surface area contributed by atoms with Crippen LogP contribution in [0.3, 0.4) is 0 Å². The van der Waals surface area contributed by atoms with Crippen LogP contribution in [0.25, 0.3) is 5.57 Å². The molecule has 272 valence electrons. The van der Waals surface area contributed by atoms with E-state index in [-0.39, 0.29) is 46.5 Å². The van der Waals surface area contributed by atoms with E-state index in [1.54, 1.807) is 28.2 Å². The minimum Gasteiger partial charge on any atom is -1.00 e. The Kier molecular flexibility index (Phi) is 13.5. The third-order valence-electron chi connectivity index (χ3n) is 13.6. The van der Waals surface area contributed by atoms with Gasteiger partial charge in [0.15, 0.2) is 0 Å². The number of fused-ring (bicyclic) bond motifs is 6. The molecule has 4 aliphatic carbocycles. The Hall–Kier alpha value is -1.99. The van der Waals surface area contributed by atoms with Crippen molar-refractivity contribution in [2.75, 3.05) is 0 Å². The van der Waals surface area contributed by atoms with E-state index in [1.165, 1.54) is 51.4 Å². The van der Waals surface area contributed by atoms with Gasteiger partial charge in [-0.05, 0) is 40.6 Å². The number of halogens is 4. The average Bonchev–Trinajstić information content (AvgIpc) is 3.80. The molecule has 4 aliphatic rings. The van der Waals surface area contributed by atoms with Crippen LogP contribution in [0.2, 0.25) is 10.0 Å². The molecule has 1 saturated carbocycles. The first-order valence-corrected chi connectivity index (χ1v) is 20.0. The predicted molar refractivity (Wildman–Crippen MR) is 212 cm³/mol. The molecule has 2 atom stereocenters. The van der Waals surface area contributed by atoms with Gasteiger partial charge in [0, 0.05) is 0 Å². The summed E-state index contributed by atoms with van der Waals surface area (Å²) >= 11 is 13.3. The van der Waals surface area contributed by atoms with Gasteiger partial charge in [0.25, 0.3) is 0 Å². The molecule has 5 heteroatoms. The summed E-state index contributed by atoms with van der Waals surface area (Å²) in [5, 5.41) is 1.53. The van der Waals surface area contributed by atoms with Crippen LogP contribution in [0.5, 0.6) is 0 Å². The summed E-state index contributed by atoms with van der Waals surface area (Å²) in [5.74, 6) is 2.24. The van der Waals surface area contributed by atoms with Gasteiger partial charge in [-0.3, -0.25) is 0 Å². The number of allylic oxidation sites excluding steroid dienone is 6. The molecule has 52 heavy (non-hydrogen) atoms. The average molecular weight is 848 g/mol. The fraction of sp³-hybridized carbons (Fsp3) is 0.340. The zero-order valence-electron chi connectivity index (χ0n) is 31.7. The number of benzene rings is 3. The molecule has 0 nitrogen and oxygen atoms in total. The van der Waals surface area contributed by atoms with Crippen LogP contribution < -0.4 is 24.8 Å². The Balaban J connectivity index is 0.000000221. The second-order valence-electron chi connectivity index (χ2n) is 16.1. The third-order valence-corrected chi connectivity index (χ3v) is 15.5. The first kappa shape index (κ1) is 42.8. The summed E-state index contributed by atoms with van der Waals surface area (Å²) in [5.41, 5.74) is 12.6. The molecular weight excluding hydrogens is 798 g/mol. The van der Waals surface area contributed by atoms with Crippen molar-refractivity contribution in [1.82, 2.24) is 0 Å². The minimum absolute atomic E-state index is 0. The minimum atomic E-state index is 0. The molecule has 1 fully saturated rings. The first-order valence-electron chi connectivity index (χ1n) is 18.0. The summed E-state index contributed by atoms with van der Waals surface area (Å²) in [6.45, 7) is 20.3. The van der Waals surface area contributed by atoms with Crippen LogP contribution in [-0.2, 0) is 30.7 Å². The second kappa shape index (κ2) is 16.4. The molecule has 0 aliphatic heterocycles. The molecule has 0 heterocycles. The van der Waals surface area contributed by atoms with Gasteiger partial charge in [-0.15, -0.1) is 6.92 Å². The molecular formula is C47H50Cl4Zr-2. The SMILES string of the molecule is C[C-]1C2=C3Cc4ccccc4C3=C3C=CCCC3C2(C)C(C)(C)C(C)(C)C1(C)C.Clc1cccc([C](=[Zr+2])c2cccc(Cl)c2)c1.[Cl-].[Cl-].c1cc[cH-]c1. The monoisotopic (exact) mass is 844 g/mol. The second-order valence-corrected chi connectivity index (χ2v) is 18.2. The molecule has 8 rings (SSSR count). The third kappa shape index (κ3) is 7.13. The summed E-state index contributed by atoms with van der Waals surface area (Å²) in [6, 6.07) is 34.9. The summed E-state index contributed by atoms with van der Waals surface area (Å²) in [7, 11) is 0. The van der Waals surface area contributed by atoms with Gasteiger partial charge in [-0.1, -0.05) is 113 Å². The van der Waals surface area contributed by atoms with Crippen molar-refractivity contribution >= 4 is 32.0 Å². The molecule has 2 unspecified atom stereocenters. The Morgan fingerprint density at radius 2 is 1.35 bits per heavy atom. The van der Waals surface area contributed by atoms with Crippen molar-refractivity contribution < 1.29 is 49.0 Å². The number of hydrogen-bond acceptors (Lipinski definition) is 0. The maximum absolute atomic E-state index is 5.98. The van der Waals surface area contributed by atoms with Gasteiger partial charge in [0.2, 0.25) is 0 Å². The fourth-order valence-electron chi connectivity index (χ4n) is 9.34. The Morgan fingerprint density at radius 1 is 0.769 bits per heavy atom. The van der Waals surface area contributed by atoms with E-state index in [1.807, 2.05) is 66.7 Å². The molecule has 0 spiro atoms. The van der Waals surface area contributed by atoms with Gasteiger partial charge in [-0.2, -0.15) is 29.3 Å². The molecule has 4 aromatic carbocycles. The zero-order chi connectivity index (χ0) is 36.1. The van der Waals surface area contributed by atoms with Crippen molar-refractivity contribution in [3.05, 3.63) is 170 Å².